The third-order valence-corrected chi connectivity index (χ3v) is 10.2. The molecule has 0 aliphatic rings. The molecule has 5 heteroatoms. The van der Waals surface area contributed by atoms with E-state index in [1.165, 1.54) is 12.1 Å². The summed E-state index contributed by atoms with van der Waals surface area (Å²) in [7, 11) is 0. The lowest BCUT2D eigenvalue weighted by Gasteiger charge is -2.16. The highest BCUT2D eigenvalue weighted by Gasteiger charge is 2.21. The van der Waals surface area contributed by atoms with Crippen molar-refractivity contribution >= 4 is 43.7 Å². The molecule has 11 rings (SSSR count). The topological polar surface area (TPSA) is 56.7 Å². The Morgan fingerprint density at radius 1 is 0.411 bits per heavy atom. The van der Waals surface area contributed by atoms with Gasteiger partial charge in [0, 0.05) is 49.4 Å². The fourth-order valence-electron chi connectivity index (χ4n) is 7.59. The van der Waals surface area contributed by atoms with Crippen molar-refractivity contribution in [1.82, 2.24) is 19.5 Å². The zero-order valence-electron chi connectivity index (χ0n) is 35.7. The van der Waals surface area contributed by atoms with Crippen molar-refractivity contribution in [2.45, 2.75) is 0 Å². The van der Waals surface area contributed by atoms with Gasteiger partial charge in [0.15, 0.2) is 17.5 Å². The first-order chi connectivity index (χ1) is 30.2. The van der Waals surface area contributed by atoms with Crippen LogP contribution < -0.4 is 0 Å². The molecule has 5 nitrogen and oxygen atoms in total. The van der Waals surface area contributed by atoms with Crippen molar-refractivity contribution in [3.63, 3.8) is 0 Å². The molecular formula is C51H32N4O. The Bertz CT molecular complexity index is 3520. The number of nitrogens with zero attached hydrogens (tertiary/aromatic N) is 4. The van der Waals surface area contributed by atoms with Gasteiger partial charge in [0.2, 0.25) is 0 Å². The summed E-state index contributed by atoms with van der Waals surface area (Å²) in [5.74, 6) is 1.31. The molecule has 262 valence electrons. The van der Waals surface area contributed by atoms with Crippen LogP contribution in [0.3, 0.4) is 0 Å². The van der Waals surface area contributed by atoms with E-state index >= 15 is 0 Å². The minimum atomic E-state index is -0.191. The quantitative estimate of drug-likeness (QED) is 0.171. The molecule has 0 spiro atoms. The zero-order valence-corrected chi connectivity index (χ0v) is 29.7. The number of aromatic nitrogens is 4. The second kappa shape index (κ2) is 13.0. The van der Waals surface area contributed by atoms with Gasteiger partial charge in [-0.3, -0.25) is 0 Å². The van der Waals surface area contributed by atoms with Crippen molar-refractivity contribution in [2.75, 3.05) is 0 Å². The summed E-state index contributed by atoms with van der Waals surface area (Å²) in [6.45, 7) is 0. The molecule has 0 amide bonds. The van der Waals surface area contributed by atoms with E-state index in [1.807, 2.05) is 133 Å². The fourth-order valence-corrected chi connectivity index (χ4v) is 7.59. The van der Waals surface area contributed by atoms with Gasteiger partial charge in [-0.1, -0.05) is 170 Å². The summed E-state index contributed by atoms with van der Waals surface area (Å²) in [6.07, 6.45) is 0. The van der Waals surface area contributed by atoms with E-state index < -0.39 is 0 Å². The predicted molar refractivity (Wildman–Crippen MR) is 229 cm³/mol. The molecule has 0 aliphatic heterocycles. The number of furan rings is 1. The third-order valence-electron chi connectivity index (χ3n) is 10.2. The van der Waals surface area contributed by atoms with Crippen molar-refractivity contribution in [1.29, 1.82) is 0 Å². The van der Waals surface area contributed by atoms with Crippen LogP contribution in [-0.2, 0) is 0 Å². The number of fused-ring (bicyclic) bond motifs is 6. The van der Waals surface area contributed by atoms with E-state index in [0.29, 0.717) is 39.9 Å². The molecule has 0 saturated carbocycles. The number of para-hydroxylation sites is 4. The lowest BCUT2D eigenvalue weighted by molar-refractivity contribution is 0.670. The van der Waals surface area contributed by atoms with Crippen LogP contribution in [0, 0.1) is 0 Å². The highest BCUT2D eigenvalue weighted by atomic mass is 16.3. The van der Waals surface area contributed by atoms with Crippen molar-refractivity contribution in [3.8, 4) is 62.1 Å². The van der Waals surface area contributed by atoms with Gasteiger partial charge in [0.05, 0.1) is 24.9 Å². The Labute approximate surface area is 331 Å². The summed E-state index contributed by atoms with van der Waals surface area (Å²) in [6, 6.07) is 49.2. The maximum absolute atomic E-state index is 9.29. The molecule has 0 aliphatic carbocycles. The molecule has 3 heterocycles. The van der Waals surface area contributed by atoms with Crippen LogP contribution >= 0.6 is 0 Å². The molecule has 0 atom stereocenters. The van der Waals surface area contributed by atoms with Gasteiger partial charge in [-0.05, 0) is 35.3 Å². The van der Waals surface area contributed by atoms with E-state index in [1.54, 1.807) is 4.57 Å². The van der Waals surface area contributed by atoms with Gasteiger partial charge in [0.1, 0.15) is 11.2 Å². The molecule has 0 radical (unpaired) electrons. The van der Waals surface area contributed by atoms with Gasteiger partial charge < -0.3 is 8.98 Å². The molecular weight excluding hydrogens is 685 g/mol. The van der Waals surface area contributed by atoms with E-state index in [-0.39, 0.29) is 58.1 Å². The normalized spacial score (nSPS) is 13.1. The number of hydrogen-bond acceptors (Lipinski definition) is 4. The van der Waals surface area contributed by atoms with Crippen LogP contribution in [-0.4, -0.2) is 19.5 Å². The number of benzene rings is 8. The van der Waals surface area contributed by atoms with E-state index in [2.05, 4.69) is 12.1 Å². The summed E-state index contributed by atoms with van der Waals surface area (Å²) in [5.41, 5.74) is 8.09. The van der Waals surface area contributed by atoms with Crippen LogP contribution in [0.2, 0.25) is 0 Å². The second-order valence-electron chi connectivity index (χ2n) is 13.5. The number of hydrogen-bond donors (Lipinski definition) is 0. The van der Waals surface area contributed by atoms with E-state index in [0.717, 1.165) is 44.2 Å². The summed E-state index contributed by atoms with van der Waals surface area (Å²) < 4.78 is 62.2. The maximum atomic E-state index is 9.29. The summed E-state index contributed by atoms with van der Waals surface area (Å²) in [5, 5.41) is 2.19. The highest BCUT2D eigenvalue weighted by molar-refractivity contribution is 6.12. The van der Waals surface area contributed by atoms with E-state index in [4.69, 9.17) is 24.9 Å². The second-order valence-corrected chi connectivity index (χ2v) is 13.5. The van der Waals surface area contributed by atoms with Crippen molar-refractivity contribution in [2.24, 2.45) is 0 Å². The molecule has 11 aromatic rings. The molecule has 0 N–H and O–H groups in total. The molecule has 56 heavy (non-hydrogen) atoms. The first kappa shape index (κ1) is 26.2. The average molecular weight is 723 g/mol. The Morgan fingerprint density at radius 3 is 1.64 bits per heavy atom. The van der Waals surface area contributed by atoms with E-state index in [9.17, 15) is 2.74 Å². The molecule has 8 aromatic carbocycles. The summed E-state index contributed by atoms with van der Waals surface area (Å²) in [4.78, 5) is 15.1. The third kappa shape index (κ3) is 5.29. The Morgan fingerprint density at radius 2 is 0.946 bits per heavy atom. The molecule has 0 fully saturated rings. The SMILES string of the molecule is [2H]c1cc([2H])c2c(c1[2H])c1c([2H])c([2H])cc([2H])c1n2-c1cc(-c2nc(-c3ccccc3)nc(-c3ccc(-c4ccccc4)cc3)n2)ccc1-c1cccc2c1oc1ccccc12. The number of rotatable bonds is 6. The van der Waals surface area contributed by atoms with Crippen molar-refractivity contribution in [3.05, 3.63) is 194 Å². The van der Waals surface area contributed by atoms with Crippen LogP contribution in [0.5, 0.6) is 0 Å². The Kier molecular flexibility index (Phi) is 6.10. The molecule has 3 aromatic heterocycles. The highest BCUT2D eigenvalue weighted by Crippen LogP contribution is 2.42. The standard InChI is InChI=1S/C51H32N4O/c1-3-14-33(15-4-1)34-26-28-36(29-27-34)50-52-49(35-16-5-2-6-17-35)53-51(54-50)37-30-31-40(42-21-13-22-43-41-20-9-12-25-47(41)56-48(42)43)46(32-37)55-44-23-10-7-18-38(44)39-19-8-11-24-45(39)55/h1-32H/i7D,8D,18D,19D,23D,24D. The van der Waals surface area contributed by atoms with Gasteiger partial charge in [0.25, 0.3) is 0 Å². The van der Waals surface area contributed by atoms with Crippen LogP contribution in [0.15, 0.2) is 198 Å². The molecule has 0 saturated heterocycles. The Hall–Kier alpha value is -7.63. The molecule has 0 unspecified atom stereocenters. The largest absolute Gasteiger partial charge is 0.455 e. The smallest absolute Gasteiger partial charge is 0.164 e. The average Bonchev–Trinajstić information content (AvgIpc) is 3.88. The summed E-state index contributed by atoms with van der Waals surface area (Å²) >= 11 is 0. The van der Waals surface area contributed by atoms with Crippen LogP contribution in [0.25, 0.3) is 106 Å². The van der Waals surface area contributed by atoms with Gasteiger partial charge in [-0.25, -0.2) is 15.0 Å². The minimum Gasteiger partial charge on any atom is -0.455 e. The lowest BCUT2D eigenvalue weighted by atomic mass is 9.98. The first-order valence-electron chi connectivity index (χ1n) is 21.3. The first-order valence-corrected chi connectivity index (χ1v) is 18.3. The zero-order chi connectivity index (χ0) is 42.2. The van der Waals surface area contributed by atoms with Gasteiger partial charge in [-0.15, -0.1) is 0 Å². The lowest BCUT2D eigenvalue weighted by Crippen LogP contribution is -2.02. The monoisotopic (exact) mass is 722 g/mol. The van der Waals surface area contributed by atoms with Crippen LogP contribution in [0.4, 0.5) is 0 Å². The van der Waals surface area contributed by atoms with Gasteiger partial charge >= 0.3 is 0 Å². The fraction of sp³-hybridized carbons (Fsp3) is 0. The predicted octanol–water partition coefficient (Wildman–Crippen LogP) is 13.2. The van der Waals surface area contributed by atoms with Gasteiger partial charge in [-0.2, -0.15) is 0 Å². The molecule has 0 bridgehead atoms. The minimum absolute atomic E-state index is 0.0615. The van der Waals surface area contributed by atoms with Crippen molar-refractivity contribution < 1.29 is 12.6 Å². The maximum Gasteiger partial charge on any atom is 0.164 e. The Balaban J connectivity index is 1.22. The van der Waals surface area contributed by atoms with Crippen LogP contribution in [0.1, 0.15) is 8.22 Å².